The SMILES string of the molecule is CCCCCCCOc1ccc(C(=O)Oc2ccc(CC(NC(=O)c3ccc(NC(=O)c4c(F)cccc4F)cc3)C(=O)O)cc2OC)cc1. The number of hydrogen-bond donors (Lipinski definition) is 3. The average Bonchev–Trinajstić information content (AvgIpc) is 3.10. The first-order valence-corrected chi connectivity index (χ1v) is 16.1. The van der Waals surface area contributed by atoms with Gasteiger partial charge in [0.15, 0.2) is 11.5 Å². The van der Waals surface area contributed by atoms with Gasteiger partial charge in [0.2, 0.25) is 0 Å². The number of aliphatic carboxylic acids is 1. The highest BCUT2D eigenvalue weighted by molar-refractivity contribution is 6.05. The maximum atomic E-state index is 13.9. The fourth-order valence-electron chi connectivity index (χ4n) is 4.96. The van der Waals surface area contributed by atoms with Crippen LogP contribution >= 0.6 is 0 Å². The quantitative estimate of drug-likeness (QED) is 0.0600. The van der Waals surface area contributed by atoms with E-state index in [0.717, 1.165) is 31.0 Å². The molecule has 12 heteroatoms. The molecule has 4 aromatic carbocycles. The molecular formula is C38H38F2N2O8. The second kappa shape index (κ2) is 18.1. The number of hydrogen-bond acceptors (Lipinski definition) is 7. The van der Waals surface area contributed by atoms with Crippen LogP contribution in [0.15, 0.2) is 84.9 Å². The molecule has 0 radical (unpaired) electrons. The summed E-state index contributed by atoms with van der Waals surface area (Å²) >= 11 is 0. The van der Waals surface area contributed by atoms with Crippen LogP contribution < -0.4 is 24.8 Å². The van der Waals surface area contributed by atoms with Crippen LogP contribution in [-0.2, 0) is 11.2 Å². The summed E-state index contributed by atoms with van der Waals surface area (Å²) in [5.74, 6) is -4.74. The summed E-state index contributed by atoms with van der Waals surface area (Å²) in [4.78, 5) is 50.1. The van der Waals surface area contributed by atoms with Gasteiger partial charge in [-0.3, -0.25) is 9.59 Å². The second-order valence-electron chi connectivity index (χ2n) is 11.4. The van der Waals surface area contributed by atoms with Crippen molar-refractivity contribution in [3.63, 3.8) is 0 Å². The summed E-state index contributed by atoms with van der Waals surface area (Å²) in [7, 11) is 1.38. The highest BCUT2D eigenvalue weighted by Gasteiger charge is 2.23. The van der Waals surface area contributed by atoms with Gasteiger partial charge in [-0.25, -0.2) is 18.4 Å². The molecule has 0 saturated heterocycles. The topological polar surface area (TPSA) is 140 Å². The highest BCUT2D eigenvalue weighted by atomic mass is 19.1. The molecule has 0 aliphatic heterocycles. The predicted octanol–water partition coefficient (Wildman–Crippen LogP) is 7.22. The Morgan fingerprint density at radius 1 is 0.780 bits per heavy atom. The minimum atomic E-state index is -1.35. The van der Waals surface area contributed by atoms with Gasteiger partial charge in [-0.1, -0.05) is 44.7 Å². The molecule has 262 valence electrons. The third-order valence-corrected chi connectivity index (χ3v) is 7.68. The number of carbonyl (C=O) groups excluding carboxylic acids is 3. The van der Waals surface area contributed by atoms with Gasteiger partial charge >= 0.3 is 11.9 Å². The van der Waals surface area contributed by atoms with Crippen LogP contribution in [0.1, 0.15) is 75.7 Å². The number of amides is 2. The normalized spacial score (nSPS) is 11.3. The summed E-state index contributed by atoms with van der Waals surface area (Å²) < 4.78 is 44.5. The minimum Gasteiger partial charge on any atom is -0.494 e. The Morgan fingerprint density at radius 2 is 1.44 bits per heavy atom. The van der Waals surface area contributed by atoms with E-state index in [9.17, 15) is 33.1 Å². The number of carbonyl (C=O) groups is 4. The molecule has 0 aliphatic carbocycles. The van der Waals surface area contributed by atoms with Gasteiger partial charge in [-0.2, -0.15) is 0 Å². The summed E-state index contributed by atoms with van der Waals surface area (Å²) in [5.41, 5.74) is 0.263. The van der Waals surface area contributed by atoms with E-state index < -0.39 is 47.0 Å². The standard InChI is InChI=1S/C38H38F2N2O8/c1-3-4-5-6-7-21-49-28-18-14-26(15-19-28)38(47)50-32-20-11-24(23-33(32)48-2)22-31(37(45)46)42-35(43)25-12-16-27(17-13-25)41-36(44)34-29(39)9-8-10-30(34)40/h8-20,23,31H,3-7,21-22H2,1-2H3,(H,41,44)(H,42,43)(H,45,46). The van der Waals surface area contributed by atoms with E-state index >= 15 is 0 Å². The maximum absolute atomic E-state index is 13.9. The Balaban J connectivity index is 1.33. The third-order valence-electron chi connectivity index (χ3n) is 7.68. The average molecular weight is 689 g/mol. The fourth-order valence-corrected chi connectivity index (χ4v) is 4.96. The predicted molar refractivity (Wildman–Crippen MR) is 182 cm³/mol. The van der Waals surface area contributed by atoms with Crippen molar-refractivity contribution in [1.29, 1.82) is 0 Å². The van der Waals surface area contributed by atoms with Crippen molar-refractivity contribution in [3.8, 4) is 17.2 Å². The molecular weight excluding hydrogens is 650 g/mol. The monoisotopic (exact) mass is 688 g/mol. The molecule has 0 aromatic heterocycles. The number of carboxylic acids is 1. The molecule has 10 nitrogen and oxygen atoms in total. The van der Waals surface area contributed by atoms with E-state index in [1.165, 1.54) is 62.8 Å². The van der Waals surface area contributed by atoms with E-state index in [2.05, 4.69) is 17.6 Å². The number of rotatable bonds is 17. The maximum Gasteiger partial charge on any atom is 0.343 e. The van der Waals surface area contributed by atoms with Crippen molar-refractivity contribution >= 4 is 29.4 Å². The number of benzene rings is 4. The first-order valence-electron chi connectivity index (χ1n) is 16.1. The lowest BCUT2D eigenvalue weighted by Gasteiger charge is -2.16. The Morgan fingerprint density at radius 3 is 2.08 bits per heavy atom. The summed E-state index contributed by atoms with van der Waals surface area (Å²) in [6, 6.07) is 18.2. The van der Waals surface area contributed by atoms with Crippen LogP contribution in [0.4, 0.5) is 14.5 Å². The molecule has 50 heavy (non-hydrogen) atoms. The van der Waals surface area contributed by atoms with Gasteiger partial charge < -0.3 is 30.0 Å². The highest BCUT2D eigenvalue weighted by Crippen LogP contribution is 2.30. The van der Waals surface area contributed by atoms with E-state index in [0.29, 0.717) is 23.5 Å². The first-order chi connectivity index (χ1) is 24.1. The van der Waals surface area contributed by atoms with E-state index in [1.807, 2.05) is 0 Å². The number of anilines is 1. The van der Waals surface area contributed by atoms with Crippen molar-refractivity contribution in [3.05, 3.63) is 119 Å². The number of esters is 1. The molecule has 4 aromatic rings. The molecule has 1 atom stereocenters. The number of ether oxygens (including phenoxy) is 3. The molecule has 0 spiro atoms. The summed E-state index contributed by atoms with van der Waals surface area (Å²) in [6.45, 7) is 2.76. The van der Waals surface area contributed by atoms with Gasteiger partial charge in [0.25, 0.3) is 11.8 Å². The largest absolute Gasteiger partial charge is 0.494 e. The number of carboxylic acid groups (broad SMARTS) is 1. The zero-order chi connectivity index (χ0) is 36.0. The number of nitrogens with one attached hydrogen (secondary N) is 2. The van der Waals surface area contributed by atoms with Gasteiger partial charge in [-0.05, 0) is 84.8 Å². The van der Waals surface area contributed by atoms with Gasteiger partial charge in [-0.15, -0.1) is 0 Å². The first kappa shape index (κ1) is 37.0. The number of halogens is 2. The zero-order valence-electron chi connectivity index (χ0n) is 27.7. The molecule has 1 unspecified atom stereocenters. The van der Waals surface area contributed by atoms with Gasteiger partial charge in [0, 0.05) is 17.7 Å². The third kappa shape index (κ3) is 10.4. The molecule has 3 N–H and O–H groups in total. The molecule has 0 bridgehead atoms. The van der Waals surface area contributed by atoms with Crippen LogP contribution in [0, 0.1) is 11.6 Å². The second-order valence-corrected chi connectivity index (χ2v) is 11.4. The Kier molecular flexibility index (Phi) is 13.4. The molecule has 0 saturated carbocycles. The van der Waals surface area contributed by atoms with Crippen molar-refractivity contribution in [2.45, 2.75) is 51.5 Å². The van der Waals surface area contributed by atoms with Gasteiger partial charge in [0.1, 0.15) is 29.0 Å². The van der Waals surface area contributed by atoms with Crippen molar-refractivity contribution < 1.29 is 47.3 Å². The Labute approximate surface area is 288 Å². The molecule has 4 rings (SSSR count). The Bertz CT molecular complexity index is 1780. The number of methoxy groups -OCH3 is 1. The van der Waals surface area contributed by atoms with Crippen molar-refractivity contribution in [2.24, 2.45) is 0 Å². The molecule has 0 aliphatic rings. The van der Waals surface area contributed by atoms with Gasteiger partial charge in [0.05, 0.1) is 19.3 Å². The summed E-state index contributed by atoms with van der Waals surface area (Å²) in [5, 5.41) is 14.6. The molecule has 2 amide bonds. The smallest absolute Gasteiger partial charge is 0.343 e. The number of unbranched alkanes of at least 4 members (excludes halogenated alkanes) is 4. The van der Waals surface area contributed by atoms with Crippen LogP contribution in [0.2, 0.25) is 0 Å². The van der Waals surface area contributed by atoms with E-state index in [-0.39, 0.29) is 29.2 Å². The minimum absolute atomic E-state index is 0.0770. The lowest BCUT2D eigenvalue weighted by atomic mass is 10.0. The lowest BCUT2D eigenvalue weighted by Crippen LogP contribution is -2.42. The molecule has 0 fully saturated rings. The fraction of sp³-hybridized carbons (Fsp3) is 0.263. The zero-order valence-corrected chi connectivity index (χ0v) is 27.7. The lowest BCUT2D eigenvalue weighted by molar-refractivity contribution is -0.139. The van der Waals surface area contributed by atoms with Crippen LogP contribution in [0.25, 0.3) is 0 Å². The summed E-state index contributed by atoms with van der Waals surface area (Å²) in [6.07, 6.45) is 5.50. The van der Waals surface area contributed by atoms with Crippen LogP contribution in [0.5, 0.6) is 17.2 Å². The van der Waals surface area contributed by atoms with Crippen molar-refractivity contribution in [2.75, 3.05) is 19.0 Å². The van der Waals surface area contributed by atoms with Crippen molar-refractivity contribution in [1.82, 2.24) is 5.32 Å². The van der Waals surface area contributed by atoms with E-state index in [1.54, 1.807) is 30.3 Å². The Hall–Kier alpha value is -5.78. The van der Waals surface area contributed by atoms with Crippen LogP contribution in [-0.4, -0.2) is 48.6 Å². The molecule has 0 heterocycles. The van der Waals surface area contributed by atoms with Crippen LogP contribution in [0.3, 0.4) is 0 Å². The van der Waals surface area contributed by atoms with E-state index in [4.69, 9.17) is 14.2 Å².